The van der Waals surface area contributed by atoms with Gasteiger partial charge in [-0.1, -0.05) is 18.2 Å². The highest BCUT2D eigenvalue weighted by Crippen LogP contribution is 2.16. The SMILES string of the molecule is O=C(Nc1cc(=O)[nH]c2nc(-c3cccnc3)nn12)c1ccccc1. The molecule has 4 rings (SSSR count). The Hall–Kier alpha value is -3.81. The van der Waals surface area contributed by atoms with Gasteiger partial charge >= 0.3 is 0 Å². The largest absolute Gasteiger partial charge is 0.306 e. The van der Waals surface area contributed by atoms with Crippen LogP contribution in [0.4, 0.5) is 5.82 Å². The second-order valence-corrected chi connectivity index (χ2v) is 5.25. The number of carbonyl (C=O) groups is 1. The Balaban J connectivity index is 1.77. The molecule has 0 unspecified atom stereocenters. The number of benzene rings is 1. The van der Waals surface area contributed by atoms with Crippen molar-refractivity contribution in [3.05, 3.63) is 76.8 Å². The summed E-state index contributed by atoms with van der Waals surface area (Å²) in [4.78, 5) is 35.1. The van der Waals surface area contributed by atoms with E-state index >= 15 is 0 Å². The van der Waals surface area contributed by atoms with Crippen LogP contribution in [0.3, 0.4) is 0 Å². The van der Waals surface area contributed by atoms with Gasteiger partial charge in [0.1, 0.15) is 5.82 Å². The second-order valence-electron chi connectivity index (χ2n) is 5.25. The number of nitrogens with one attached hydrogen (secondary N) is 2. The molecule has 0 aliphatic carbocycles. The second kappa shape index (κ2) is 6.00. The van der Waals surface area contributed by atoms with E-state index in [0.717, 1.165) is 0 Å². The first kappa shape index (κ1) is 14.8. The smallest absolute Gasteiger partial charge is 0.256 e. The van der Waals surface area contributed by atoms with E-state index in [-0.39, 0.29) is 23.1 Å². The number of amides is 1. The predicted molar refractivity (Wildman–Crippen MR) is 91.2 cm³/mol. The molecule has 0 saturated carbocycles. The minimum atomic E-state index is -0.388. The molecular formula is C17H12N6O2. The lowest BCUT2D eigenvalue weighted by Gasteiger charge is -2.06. The summed E-state index contributed by atoms with van der Waals surface area (Å²) in [6.45, 7) is 0. The minimum absolute atomic E-state index is 0.231. The van der Waals surface area contributed by atoms with Gasteiger partial charge in [0.05, 0.1) is 0 Å². The van der Waals surface area contributed by atoms with E-state index < -0.39 is 0 Å². The summed E-state index contributed by atoms with van der Waals surface area (Å²) in [6, 6.07) is 13.5. The van der Waals surface area contributed by atoms with E-state index in [2.05, 4.69) is 25.4 Å². The van der Waals surface area contributed by atoms with Crippen molar-refractivity contribution in [3.8, 4) is 11.4 Å². The van der Waals surface area contributed by atoms with E-state index in [0.29, 0.717) is 17.0 Å². The number of hydrogen-bond acceptors (Lipinski definition) is 5. The van der Waals surface area contributed by atoms with Crippen molar-refractivity contribution in [1.29, 1.82) is 0 Å². The molecule has 8 nitrogen and oxygen atoms in total. The normalized spacial score (nSPS) is 10.7. The molecule has 2 N–H and O–H groups in total. The van der Waals surface area contributed by atoms with Crippen LogP contribution in [0.25, 0.3) is 17.2 Å². The lowest BCUT2D eigenvalue weighted by atomic mass is 10.2. The molecule has 1 amide bonds. The number of carbonyl (C=O) groups excluding carboxylic acids is 1. The molecule has 0 atom stereocenters. The van der Waals surface area contributed by atoms with Gasteiger partial charge in [-0.3, -0.25) is 19.6 Å². The maximum atomic E-state index is 12.4. The Morgan fingerprint density at radius 2 is 1.96 bits per heavy atom. The fourth-order valence-corrected chi connectivity index (χ4v) is 2.38. The Morgan fingerprint density at radius 3 is 2.72 bits per heavy atom. The lowest BCUT2D eigenvalue weighted by molar-refractivity contribution is 0.102. The summed E-state index contributed by atoms with van der Waals surface area (Å²) in [5, 5.41) is 7.04. The van der Waals surface area contributed by atoms with E-state index in [1.165, 1.54) is 10.6 Å². The van der Waals surface area contributed by atoms with Gasteiger partial charge < -0.3 is 5.32 Å². The first-order chi connectivity index (χ1) is 12.2. The number of H-pyrrole nitrogens is 1. The zero-order valence-electron chi connectivity index (χ0n) is 12.9. The number of nitrogens with zero attached hydrogens (tertiary/aromatic N) is 4. The van der Waals surface area contributed by atoms with Gasteiger partial charge in [-0.15, -0.1) is 5.10 Å². The maximum absolute atomic E-state index is 12.4. The summed E-state index contributed by atoms with van der Waals surface area (Å²) in [5.41, 5.74) is 0.789. The van der Waals surface area contributed by atoms with E-state index in [1.54, 1.807) is 42.7 Å². The molecule has 122 valence electrons. The number of hydrogen-bond donors (Lipinski definition) is 2. The Kier molecular flexibility index (Phi) is 3.55. The average molecular weight is 332 g/mol. The van der Waals surface area contributed by atoms with Gasteiger partial charge in [0.15, 0.2) is 5.82 Å². The van der Waals surface area contributed by atoms with Gasteiger partial charge in [-0.05, 0) is 24.3 Å². The van der Waals surface area contributed by atoms with Crippen molar-refractivity contribution in [2.24, 2.45) is 0 Å². The van der Waals surface area contributed by atoms with Gasteiger partial charge in [0.2, 0.25) is 5.78 Å². The maximum Gasteiger partial charge on any atom is 0.256 e. The van der Waals surface area contributed by atoms with Crippen LogP contribution in [0.2, 0.25) is 0 Å². The molecule has 0 bridgehead atoms. The van der Waals surface area contributed by atoms with Crippen LogP contribution in [0.5, 0.6) is 0 Å². The lowest BCUT2D eigenvalue weighted by Crippen LogP contribution is -2.18. The van der Waals surface area contributed by atoms with Crippen LogP contribution in [0.15, 0.2) is 65.7 Å². The summed E-state index contributed by atoms with van der Waals surface area (Å²) >= 11 is 0. The molecule has 8 heteroatoms. The first-order valence-corrected chi connectivity index (χ1v) is 7.47. The molecule has 0 saturated heterocycles. The highest BCUT2D eigenvalue weighted by molar-refractivity contribution is 6.03. The summed E-state index contributed by atoms with van der Waals surface area (Å²) in [5.74, 6) is 0.515. The van der Waals surface area contributed by atoms with E-state index in [1.807, 2.05) is 12.1 Å². The number of rotatable bonds is 3. The van der Waals surface area contributed by atoms with E-state index in [4.69, 9.17) is 0 Å². The topological polar surface area (TPSA) is 105 Å². The van der Waals surface area contributed by atoms with Crippen molar-refractivity contribution in [2.75, 3.05) is 5.32 Å². The number of aromatic amines is 1. The fourth-order valence-electron chi connectivity index (χ4n) is 2.38. The fraction of sp³-hybridized carbons (Fsp3) is 0. The average Bonchev–Trinajstić information content (AvgIpc) is 3.07. The third-order valence-electron chi connectivity index (χ3n) is 3.54. The van der Waals surface area contributed by atoms with Gasteiger partial charge in [0, 0.05) is 29.6 Å². The number of pyridine rings is 1. The van der Waals surface area contributed by atoms with Gasteiger partial charge in [-0.2, -0.15) is 9.50 Å². The Labute approximate surface area is 141 Å². The van der Waals surface area contributed by atoms with Crippen molar-refractivity contribution in [1.82, 2.24) is 24.6 Å². The van der Waals surface area contributed by atoms with Crippen LogP contribution < -0.4 is 10.9 Å². The van der Waals surface area contributed by atoms with Crippen molar-refractivity contribution in [2.45, 2.75) is 0 Å². The number of anilines is 1. The molecule has 0 aliphatic rings. The third kappa shape index (κ3) is 2.88. The molecule has 4 aromatic rings. The quantitative estimate of drug-likeness (QED) is 0.594. The Morgan fingerprint density at radius 1 is 1.12 bits per heavy atom. The molecular weight excluding hydrogens is 320 g/mol. The number of fused-ring (bicyclic) bond motifs is 1. The summed E-state index contributed by atoms with van der Waals surface area (Å²) in [7, 11) is 0. The molecule has 0 fully saturated rings. The van der Waals surface area contributed by atoms with E-state index in [9.17, 15) is 9.59 Å². The zero-order chi connectivity index (χ0) is 17.2. The molecule has 25 heavy (non-hydrogen) atoms. The molecule has 1 aromatic carbocycles. The molecule has 0 aliphatic heterocycles. The predicted octanol–water partition coefficient (Wildman–Crippen LogP) is 1.73. The molecule has 0 spiro atoms. The monoisotopic (exact) mass is 332 g/mol. The van der Waals surface area contributed by atoms with Crippen LogP contribution in [-0.4, -0.2) is 30.5 Å². The highest BCUT2D eigenvalue weighted by Gasteiger charge is 2.13. The third-order valence-corrected chi connectivity index (χ3v) is 3.54. The summed E-state index contributed by atoms with van der Waals surface area (Å²) < 4.78 is 1.38. The van der Waals surface area contributed by atoms with Gasteiger partial charge in [-0.25, -0.2) is 0 Å². The zero-order valence-corrected chi connectivity index (χ0v) is 12.9. The van der Waals surface area contributed by atoms with Gasteiger partial charge in [0.25, 0.3) is 11.5 Å². The highest BCUT2D eigenvalue weighted by atomic mass is 16.2. The number of aromatic nitrogens is 5. The Bertz CT molecular complexity index is 1100. The van der Waals surface area contributed by atoms with Crippen LogP contribution in [0, 0.1) is 0 Å². The van der Waals surface area contributed by atoms with Crippen molar-refractivity contribution >= 4 is 17.5 Å². The molecule has 3 aromatic heterocycles. The standard InChI is InChI=1S/C17H12N6O2/c24-14-9-13(19-16(25)11-5-2-1-3-6-11)23-17(20-14)21-15(22-23)12-7-4-8-18-10-12/h1-10H,(H,19,25)(H,20,21,22,24). The minimum Gasteiger partial charge on any atom is -0.306 e. The molecule has 3 heterocycles. The van der Waals surface area contributed by atoms with Crippen molar-refractivity contribution in [3.63, 3.8) is 0 Å². The molecule has 0 radical (unpaired) electrons. The van der Waals surface area contributed by atoms with Crippen LogP contribution in [0.1, 0.15) is 10.4 Å². The summed E-state index contributed by atoms with van der Waals surface area (Å²) in [6.07, 6.45) is 3.27. The van der Waals surface area contributed by atoms with Crippen LogP contribution in [-0.2, 0) is 0 Å². The van der Waals surface area contributed by atoms with Crippen molar-refractivity contribution < 1.29 is 4.79 Å². The first-order valence-electron chi connectivity index (χ1n) is 7.47. The van der Waals surface area contributed by atoms with Crippen LogP contribution >= 0.6 is 0 Å².